The minimum absolute atomic E-state index is 0.117. The Morgan fingerprint density at radius 1 is 1.14 bits per heavy atom. The van der Waals surface area contributed by atoms with Crippen LogP contribution in [0.4, 0.5) is 32.1 Å². The van der Waals surface area contributed by atoms with Crippen LogP contribution in [0.5, 0.6) is 0 Å². The summed E-state index contributed by atoms with van der Waals surface area (Å²) in [5.74, 6) is -0.655. The van der Waals surface area contributed by atoms with Gasteiger partial charge in [0, 0.05) is 12.2 Å². The molecular formula is C25H20ClFN6O2S. The fourth-order valence-corrected chi connectivity index (χ4v) is 5.73. The van der Waals surface area contributed by atoms with Gasteiger partial charge in [-0.3, -0.25) is 9.69 Å². The number of thiophene rings is 1. The predicted octanol–water partition coefficient (Wildman–Crippen LogP) is 6.02. The Morgan fingerprint density at radius 2 is 1.92 bits per heavy atom. The summed E-state index contributed by atoms with van der Waals surface area (Å²) in [5, 5.41) is 6.12. The van der Waals surface area contributed by atoms with Crippen molar-refractivity contribution in [2.45, 2.75) is 19.4 Å². The van der Waals surface area contributed by atoms with Crippen molar-refractivity contribution < 1.29 is 14.0 Å². The first-order chi connectivity index (χ1) is 17.5. The summed E-state index contributed by atoms with van der Waals surface area (Å²) in [6, 6.07) is 11.2. The molecule has 4 heterocycles. The van der Waals surface area contributed by atoms with Crippen molar-refractivity contribution in [1.29, 1.82) is 0 Å². The Morgan fingerprint density at radius 3 is 2.67 bits per heavy atom. The molecule has 0 radical (unpaired) electrons. The third kappa shape index (κ3) is 4.06. The van der Waals surface area contributed by atoms with Gasteiger partial charge in [-0.25, -0.2) is 24.1 Å². The number of aromatic nitrogens is 2. The maximum Gasteiger partial charge on any atom is 0.332 e. The van der Waals surface area contributed by atoms with Crippen LogP contribution in [0.2, 0.25) is 5.02 Å². The molecule has 6 rings (SSSR count). The van der Waals surface area contributed by atoms with E-state index in [1.165, 1.54) is 47.8 Å². The molecule has 1 saturated heterocycles. The van der Waals surface area contributed by atoms with Gasteiger partial charge in [-0.15, -0.1) is 11.3 Å². The van der Waals surface area contributed by atoms with Gasteiger partial charge in [0.2, 0.25) is 0 Å². The largest absolute Gasteiger partial charge is 0.332 e. The summed E-state index contributed by atoms with van der Waals surface area (Å²) in [6.45, 7) is 3.14. The van der Waals surface area contributed by atoms with Crippen LogP contribution < -0.4 is 15.5 Å². The number of hydrogen-bond acceptors (Lipinski definition) is 6. The number of urea groups is 1. The summed E-state index contributed by atoms with van der Waals surface area (Å²) < 4.78 is 13.7. The van der Waals surface area contributed by atoms with Gasteiger partial charge in [-0.2, -0.15) is 0 Å². The SMILES string of the molecule is O=C(Nc1ccc(CN2CCCC2)cc1)c1sc2ncnc3c2c1NC(=O)N3c1ccc(F)c(Cl)c1. The molecule has 2 aromatic heterocycles. The fraction of sp³-hybridized carbons (Fsp3) is 0.200. The second-order valence-electron chi connectivity index (χ2n) is 8.68. The number of amides is 3. The molecule has 8 nitrogen and oxygen atoms in total. The van der Waals surface area contributed by atoms with Crippen LogP contribution in [-0.2, 0) is 6.54 Å². The second kappa shape index (κ2) is 9.12. The Bertz CT molecular complexity index is 1500. The molecule has 3 amide bonds. The van der Waals surface area contributed by atoms with E-state index >= 15 is 0 Å². The predicted molar refractivity (Wildman–Crippen MR) is 139 cm³/mol. The lowest BCUT2D eigenvalue weighted by Crippen LogP contribution is -2.35. The Labute approximate surface area is 214 Å². The van der Waals surface area contributed by atoms with Crippen molar-refractivity contribution in [3.05, 3.63) is 70.1 Å². The molecule has 4 aromatic rings. The summed E-state index contributed by atoms with van der Waals surface area (Å²) in [5.41, 5.74) is 2.55. The molecule has 0 unspecified atom stereocenters. The lowest BCUT2D eigenvalue weighted by Gasteiger charge is -2.27. The van der Waals surface area contributed by atoms with Crippen LogP contribution in [0.3, 0.4) is 0 Å². The number of hydrogen-bond donors (Lipinski definition) is 2. The fourth-order valence-electron chi connectivity index (χ4n) is 4.57. The van der Waals surface area contributed by atoms with Gasteiger partial charge in [-0.05, 0) is 61.8 Å². The third-order valence-corrected chi connectivity index (χ3v) is 7.69. The van der Waals surface area contributed by atoms with E-state index in [0.717, 1.165) is 31.0 Å². The van der Waals surface area contributed by atoms with E-state index in [-0.39, 0.29) is 10.9 Å². The summed E-state index contributed by atoms with van der Waals surface area (Å²) in [4.78, 5) is 39.5. The Hall–Kier alpha value is -3.60. The topological polar surface area (TPSA) is 90.5 Å². The minimum atomic E-state index is -0.593. The van der Waals surface area contributed by atoms with E-state index in [1.807, 2.05) is 24.3 Å². The standard InChI is InChI=1S/C25H20ClFN6O2S/c26-17-11-16(7-8-18(17)27)33-22-19-20(31-25(33)35)21(36-24(19)29-13-28-22)23(34)30-15-5-3-14(4-6-15)12-32-9-1-2-10-32/h3-8,11,13H,1-2,9-10,12H2,(H,30,34)(H,31,35). The van der Waals surface area contributed by atoms with E-state index < -0.39 is 11.8 Å². The number of likely N-dealkylation sites (tertiary alicyclic amines) is 1. The smallest absolute Gasteiger partial charge is 0.321 e. The van der Waals surface area contributed by atoms with Crippen molar-refractivity contribution in [1.82, 2.24) is 14.9 Å². The van der Waals surface area contributed by atoms with Crippen molar-refractivity contribution in [3.8, 4) is 0 Å². The van der Waals surface area contributed by atoms with E-state index in [4.69, 9.17) is 11.6 Å². The third-order valence-electron chi connectivity index (χ3n) is 6.30. The molecule has 2 aliphatic heterocycles. The number of carbonyl (C=O) groups excluding carboxylic acids is 2. The van der Waals surface area contributed by atoms with Gasteiger partial charge in [0.1, 0.15) is 21.9 Å². The zero-order valence-corrected chi connectivity index (χ0v) is 20.5. The zero-order chi connectivity index (χ0) is 24.8. The summed E-state index contributed by atoms with van der Waals surface area (Å²) >= 11 is 7.10. The van der Waals surface area contributed by atoms with E-state index in [9.17, 15) is 14.0 Å². The van der Waals surface area contributed by atoms with E-state index in [0.29, 0.717) is 38.0 Å². The molecule has 0 bridgehead atoms. The average molecular weight is 523 g/mol. The van der Waals surface area contributed by atoms with Crippen molar-refractivity contribution >= 4 is 68.0 Å². The number of carbonyl (C=O) groups is 2. The second-order valence-corrected chi connectivity index (χ2v) is 10.1. The molecule has 0 spiro atoms. The summed E-state index contributed by atoms with van der Waals surface area (Å²) in [6.07, 6.45) is 3.81. The van der Waals surface area contributed by atoms with Crippen LogP contribution in [0.15, 0.2) is 48.8 Å². The normalized spacial score (nSPS) is 15.4. The lowest BCUT2D eigenvalue weighted by atomic mass is 10.1. The van der Waals surface area contributed by atoms with Gasteiger partial charge < -0.3 is 10.6 Å². The highest BCUT2D eigenvalue weighted by molar-refractivity contribution is 7.21. The van der Waals surface area contributed by atoms with Crippen molar-refractivity contribution in [2.24, 2.45) is 0 Å². The number of anilines is 4. The quantitative estimate of drug-likeness (QED) is 0.335. The van der Waals surface area contributed by atoms with Gasteiger partial charge in [0.05, 0.1) is 21.8 Å². The molecule has 36 heavy (non-hydrogen) atoms. The van der Waals surface area contributed by atoms with E-state index in [2.05, 4.69) is 25.5 Å². The minimum Gasteiger partial charge on any atom is -0.321 e. The highest BCUT2D eigenvalue weighted by Gasteiger charge is 2.34. The molecule has 0 saturated carbocycles. The first-order valence-electron chi connectivity index (χ1n) is 11.4. The summed E-state index contributed by atoms with van der Waals surface area (Å²) in [7, 11) is 0. The van der Waals surface area contributed by atoms with Crippen LogP contribution in [0.25, 0.3) is 10.2 Å². The van der Waals surface area contributed by atoms with Crippen molar-refractivity contribution in [3.63, 3.8) is 0 Å². The van der Waals surface area contributed by atoms with Gasteiger partial charge in [0.15, 0.2) is 5.82 Å². The molecule has 182 valence electrons. The lowest BCUT2D eigenvalue weighted by molar-refractivity contribution is 0.103. The molecular weight excluding hydrogens is 503 g/mol. The number of rotatable bonds is 5. The van der Waals surface area contributed by atoms with Crippen LogP contribution in [0, 0.1) is 5.82 Å². The Balaban J connectivity index is 1.29. The molecule has 2 N–H and O–H groups in total. The number of benzene rings is 2. The van der Waals surface area contributed by atoms with E-state index in [1.54, 1.807) is 0 Å². The molecule has 0 aliphatic carbocycles. The van der Waals surface area contributed by atoms with Gasteiger partial charge >= 0.3 is 6.03 Å². The number of nitrogens with zero attached hydrogens (tertiary/aromatic N) is 4. The first-order valence-corrected chi connectivity index (χ1v) is 12.6. The number of nitrogens with one attached hydrogen (secondary N) is 2. The Kier molecular flexibility index (Phi) is 5.79. The highest BCUT2D eigenvalue weighted by Crippen LogP contribution is 2.45. The van der Waals surface area contributed by atoms with Crippen LogP contribution >= 0.6 is 22.9 Å². The molecule has 2 aromatic carbocycles. The van der Waals surface area contributed by atoms with Crippen LogP contribution in [0.1, 0.15) is 28.1 Å². The molecule has 2 aliphatic rings. The molecule has 0 atom stereocenters. The maximum absolute atomic E-state index is 13.7. The van der Waals surface area contributed by atoms with Gasteiger partial charge in [0.25, 0.3) is 5.91 Å². The van der Waals surface area contributed by atoms with Crippen LogP contribution in [-0.4, -0.2) is 39.9 Å². The molecule has 1 fully saturated rings. The average Bonchev–Trinajstić information content (AvgIpc) is 3.51. The zero-order valence-electron chi connectivity index (χ0n) is 18.9. The monoisotopic (exact) mass is 522 g/mol. The number of halogens is 2. The van der Waals surface area contributed by atoms with Gasteiger partial charge in [-0.1, -0.05) is 23.7 Å². The van der Waals surface area contributed by atoms with Crippen molar-refractivity contribution in [2.75, 3.05) is 28.6 Å². The molecule has 11 heteroatoms. The highest BCUT2D eigenvalue weighted by atomic mass is 35.5. The maximum atomic E-state index is 13.7. The first kappa shape index (κ1) is 22.8.